The lowest BCUT2D eigenvalue weighted by Crippen LogP contribution is -2.55. The summed E-state index contributed by atoms with van der Waals surface area (Å²) in [6.07, 6.45) is 2.21. The molecule has 3 heterocycles. The van der Waals surface area contributed by atoms with Gasteiger partial charge in [0.2, 0.25) is 26.0 Å². The molecule has 0 aliphatic carbocycles. The summed E-state index contributed by atoms with van der Waals surface area (Å²) in [5, 5.41) is 4.52. The van der Waals surface area contributed by atoms with Crippen LogP contribution in [0.4, 0.5) is 0 Å². The van der Waals surface area contributed by atoms with E-state index < -0.39 is 26.1 Å². The molecule has 0 saturated carbocycles. The van der Waals surface area contributed by atoms with Crippen molar-refractivity contribution in [2.45, 2.75) is 49.1 Å². The van der Waals surface area contributed by atoms with Crippen LogP contribution in [0.25, 0.3) is 10.9 Å². The number of fused-ring (bicyclic) bond motifs is 1. The summed E-state index contributed by atoms with van der Waals surface area (Å²) < 4.78 is 63.4. The zero-order valence-corrected chi connectivity index (χ0v) is 33.0. The number of rotatable bonds is 9. The Balaban J connectivity index is 0.00000302. The van der Waals surface area contributed by atoms with Gasteiger partial charge in [-0.05, 0) is 74.2 Å². The SMILES string of the molecule is Cc1cc(C)c2cccc(OCc3c(Cl)ccc(S(=O)(=O)N4CCC[C@H]4C(=O)N4CCN(S(=O)(=O)c5ccc(C=NN)cc5)CC4)c3Cl)c2n1.Cl.Cl. The second kappa shape index (κ2) is 16.9. The van der Waals surface area contributed by atoms with Gasteiger partial charge < -0.3 is 15.5 Å². The smallest absolute Gasteiger partial charge is 0.245 e. The highest BCUT2D eigenvalue weighted by molar-refractivity contribution is 7.89. The average Bonchev–Trinajstić information content (AvgIpc) is 3.60. The van der Waals surface area contributed by atoms with E-state index >= 15 is 0 Å². The molecule has 280 valence electrons. The molecule has 0 bridgehead atoms. The number of pyridine rings is 1. The molecule has 2 saturated heterocycles. The van der Waals surface area contributed by atoms with E-state index in [-0.39, 0.29) is 95.5 Å². The Morgan fingerprint density at radius 1 is 0.962 bits per heavy atom. The van der Waals surface area contributed by atoms with Gasteiger partial charge in [-0.1, -0.05) is 47.5 Å². The predicted molar refractivity (Wildman–Crippen MR) is 207 cm³/mol. The number of piperazine rings is 1. The van der Waals surface area contributed by atoms with Crippen molar-refractivity contribution in [2.24, 2.45) is 10.9 Å². The zero-order chi connectivity index (χ0) is 35.8. The number of nitrogens with zero attached hydrogens (tertiary/aromatic N) is 5. The number of hydrazone groups is 1. The quantitative estimate of drug-likeness (QED) is 0.131. The third-order valence-corrected chi connectivity index (χ3v) is 13.8. The van der Waals surface area contributed by atoms with Crippen molar-refractivity contribution in [1.82, 2.24) is 18.5 Å². The number of amides is 1. The monoisotopic (exact) mass is 830 g/mol. The maximum absolute atomic E-state index is 14.1. The standard InChI is InChI=1S/C34H36Cl2N6O6S2.2ClH/c1-22-19-23(2)39-33-26(22)5-3-7-30(33)48-21-27-28(35)12-13-31(32(27)36)50(46,47)42-14-4-6-29(42)34(43)40-15-17-41(18-16-40)49(44,45)25-10-8-24(9-11-25)20-38-37;;/h3,5,7-13,19-20,29H,4,6,14-18,21,37H2,1-2H3;2*1H/t29-;;/m0../s1. The molecule has 2 aliphatic rings. The summed E-state index contributed by atoms with van der Waals surface area (Å²) in [7, 11) is -8.05. The van der Waals surface area contributed by atoms with Gasteiger partial charge in [-0.15, -0.1) is 24.8 Å². The number of aryl methyl sites for hydroxylation is 2. The Kier molecular flexibility index (Phi) is 13.5. The molecule has 2 N–H and O–H groups in total. The van der Waals surface area contributed by atoms with Crippen LogP contribution in [0, 0.1) is 13.8 Å². The minimum Gasteiger partial charge on any atom is -0.487 e. The van der Waals surface area contributed by atoms with E-state index in [1.165, 1.54) is 44.0 Å². The van der Waals surface area contributed by atoms with Gasteiger partial charge in [0.1, 0.15) is 28.8 Å². The Bertz CT molecular complexity index is 2200. The van der Waals surface area contributed by atoms with Crippen LogP contribution in [0.15, 0.2) is 75.6 Å². The molecule has 4 aromatic rings. The Labute approximate surface area is 325 Å². The molecule has 0 radical (unpaired) electrons. The normalized spacial score (nSPS) is 17.2. The van der Waals surface area contributed by atoms with E-state index in [2.05, 4.69) is 10.1 Å². The minimum atomic E-state index is -4.24. The molecule has 2 aliphatic heterocycles. The summed E-state index contributed by atoms with van der Waals surface area (Å²) >= 11 is 13.3. The number of nitrogens with two attached hydrogens (primary N) is 1. The van der Waals surface area contributed by atoms with E-state index in [0.29, 0.717) is 29.7 Å². The van der Waals surface area contributed by atoms with E-state index in [4.69, 9.17) is 33.8 Å². The van der Waals surface area contributed by atoms with E-state index in [0.717, 1.165) is 16.6 Å². The van der Waals surface area contributed by atoms with Gasteiger partial charge in [0.15, 0.2) is 0 Å². The maximum Gasteiger partial charge on any atom is 0.245 e. The lowest BCUT2D eigenvalue weighted by Gasteiger charge is -2.36. The molecule has 52 heavy (non-hydrogen) atoms. The fourth-order valence-electron chi connectivity index (χ4n) is 6.45. The topological polar surface area (TPSA) is 156 Å². The first-order chi connectivity index (χ1) is 23.8. The van der Waals surface area contributed by atoms with Crippen LogP contribution in [0.5, 0.6) is 5.75 Å². The number of halogens is 4. The second-order valence-electron chi connectivity index (χ2n) is 12.2. The predicted octanol–water partition coefficient (Wildman–Crippen LogP) is 5.56. The van der Waals surface area contributed by atoms with Crippen LogP contribution < -0.4 is 10.6 Å². The van der Waals surface area contributed by atoms with Gasteiger partial charge in [0.05, 0.1) is 16.1 Å². The Morgan fingerprint density at radius 3 is 2.33 bits per heavy atom. The molecule has 1 aromatic heterocycles. The second-order valence-corrected chi connectivity index (χ2v) is 16.8. The number of hydrogen-bond donors (Lipinski definition) is 1. The molecule has 6 rings (SSSR count). The molecule has 0 unspecified atom stereocenters. The molecule has 3 aromatic carbocycles. The highest BCUT2D eigenvalue weighted by atomic mass is 35.5. The number of carbonyl (C=O) groups excluding carboxylic acids is 1. The first-order valence-corrected chi connectivity index (χ1v) is 19.6. The highest BCUT2D eigenvalue weighted by Crippen LogP contribution is 2.37. The van der Waals surface area contributed by atoms with Gasteiger partial charge in [-0.2, -0.15) is 13.7 Å². The molecular weight excluding hydrogens is 794 g/mol. The van der Waals surface area contributed by atoms with E-state index in [9.17, 15) is 21.6 Å². The first-order valence-electron chi connectivity index (χ1n) is 15.9. The van der Waals surface area contributed by atoms with Gasteiger partial charge in [0, 0.05) is 54.4 Å². The van der Waals surface area contributed by atoms with Crippen LogP contribution >= 0.6 is 48.0 Å². The molecule has 12 nitrogen and oxygen atoms in total. The number of carbonyl (C=O) groups is 1. The lowest BCUT2D eigenvalue weighted by molar-refractivity contribution is -0.135. The van der Waals surface area contributed by atoms with Crippen molar-refractivity contribution < 1.29 is 26.4 Å². The van der Waals surface area contributed by atoms with Crippen LogP contribution in [0.2, 0.25) is 10.0 Å². The third-order valence-electron chi connectivity index (χ3n) is 9.03. The molecule has 1 atom stereocenters. The van der Waals surface area contributed by atoms with Gasteiger partial charge in [-0.3, -0.25) is 4.79 Å². The summed E-state index contributed by atoms with van der Waals surface area (Å²) in [6.45, 7) is 4.27. The van der Waals surface area contributed by atoms with Crippen LogP contribution in [0.1, 0.15) is 35.2 Å². The highest BCUT2D eigenvalue weighted by Gasteiger charge is 2.43. The minimum absolute atomic E-state index is 0. The van der Waals surface area contributed by atoms with Crippen molar-refractivity contribution in [1.29, 1.82) is 0 Å². The van der Waals surface area contributed by atoms with E-state index in [1.54, 1.807) is 18.2 Å². The lowest BCUT2D eigenvalue weighted by atomic mass is 10.1. The molecule has 2 fully saturated rings. The van der Waals surface area contributed by atoms with Crippen molar-refractivity contribution >= 4 is 91.1 Å². The fourth-order valence-corrected chi connectivity index (χ4v) is 10.4. The van der Waals surface area contributed by atoms with Crippen LogP contribution in [-0.4, -0.2) is 86.2 Å². The van der Waals surface area contributed by atoms with Crippen molar-refractivity contribution in [3.8, 4) is 5.75 Å². The fraction of sp³-hybridized carbons (Fsp3) is 0.324. The van der Waals surface area contributed by atoms with Crippen LogP contribution in [0.3, 0.4) is 0 Å². The van der Waals surface area contributed by atoms with E-state index in [1.807, 2.05) is 32.0 Å². The number of ether oxygens (including phenoxy) is 1. The van der Waals surface area contributed by atoms with Crippen LogP contribution in [-0.2, 0) is 31.4 Å². The number of benzene rings is 3. The van der Waals surface area contributed by atoms with Crippen molar-refractivity contribution in [2.75, 3.05) is 32.7 Å². The number of sulfonamides is 2. The van der Waals surface area contributed by atoms with Gasteiger partial charge in [-0.25, -0.2) is 21.8 Å². The Hall–Kier alpha value is -3.21. The third kappa shape index (κ3) is 8.14. The first kappa shape index (κ1) is 41.5. The van der Waals surface area contributed by atoms with Crippen molar-refractivity contribution in [3.63, 3.8) is 0 Å². The molecular formula is C34H38Cl4N6O6S2. The van der Waals surface area contributed by atoms with Gasteiger partial charge >= 0.3 is 0 Å². The summed E-state index contributed by atoms with van der Waals surface area (Å²) in [6, 6.07) is 15.6. The number of aromatic nitrogens is 1. The average molecular weight is 833 g/mol. The number of para-hydroxylation sites is 1. The summed E-state index contributed by atoms with van der Waals surface area (Å²) in [5.74, 6) is 5.30. The molecule has 18 heteroatoms. The summed E-state index contributed by atoms with van der Waals surface area (Å²) in [5.41, 5.74) is 3.50. The maximum atomic E-state index is 14.1. The zero-order valence-electron chi connectivity index (χ0n) is 28.2. The van der Waals surface area contributed by atoms with Gasteiger partial charge in [0.25, 0.3) is 0 Å². The largest absolute Gasteiger partial charge is 0.487 e. The molecule has 1 amide bonds. The summed E-state index contributed by atoms with van der Waals surface area (Å²) in [4.78, 5) is 19.9. The molecule has 0 spiro atoms. The number of hydrogen-bond acceptors (Lipinski definition) is 9. The van der Waals surface area contributed by atoms with Crippen molar-refractivity contribution in [3.05, 3.63) is 93.1 Å². The Morgan fingerprint density at radius 2 is 1.65 bits per heavy atom.